The molecular weight excluding hydrogens is 834 g/mol. The molecule has 6 rings (SSSR count). The number of carboxylic acids is 2. The van der Waals surface area contributed by atoms with Gasteiger partial charge in [0, 0.05) is 25.9 Å². The number of aliphatic carboxylic acids is 2. The van der Waals surface area contributed by atoms with Gasteiger partial charge in [-0.2, -0.15) is 26.3 Å². The summed E-state index contributed by atoms with van der Waals surface area (Å²) in [4.78, 5) is 23.4. The maximum atomic E-state index is 13.5. The first-order chi connectivity index (χ1) is 28.3. The molecule has 0 radical (unpaired) electrons. The number of alkyl halides is 6. The lowest BCUT2D eigenvalue weighted by Crippen LogP contribution is -2.10. The van der Waals surface area contributed by atoms with Crippen LogP contribution in [0.5, 0.6) is 11.5 Å². The van der Waals surface area contributed by atoms with Crippen LogP contribution in [-0.2, 0) is 47.6 Å². The fourth-order valence-corrected chi connectivity index (χ4v) is 7.52. The van der Waals surface area contributed by atoms with Crippen LogP contribution in [0.15, 0.2) is 101 Å². The van der Waals surface area contributed by atoms with Gasteiger partial charge in [-0.1, -0.05) is 48.0 Å². The predicted molar refractivity (Wildman–Crippen MR) is 217 cm³/mol. The van der Waals surface area contributed by atoms with Crippen LogP contribution < -0.4 is 9.47 Å². The van der Waals surface area contributed by atoms with Crippen LogP contribution in [0.3, 0.4) is 0 Å². The van der Waals surface area contributed by atoms with Crippen molar-refractivity contribution in [3.8, 4) is 33.3 Å². The molecule has 0 fully saturated rings. The Labute approximate surface area is 350 Å². The first-order valence-corrected chi connectivity index (χ1v) is 19.6. The molecule has 0 bridgehead atoms. The van der Waals surface area contributed by atoms with E-state index in [1.165, 1.54) is 23.1 Å². The van der Waals surface area contributed by atoms with E-state index in [-0.39, 0.29) is 24.4 Å². The Bertz CT molecular complexity index is 2420. The van der Waals surface area contributed by atoms with Gasteiger partial charge in [-0.25, -0.2) is 9.59 Å². The topological polar surface area (TPSA) is 106 Å². The van der Waals surface area contributed by atoms with E-state index in [0.717, 1.165) is 57.7 Å². The van der Waals surface area contributed by atoms with Crippen molar-refractivity contribution in [2.45, 2.75) is 58.8 Å². The zero-order valence-electron chi connectivity index (χ0n) is 32.5. The van der Waals surface area contributed by atoms with Crippen LogP contribution in [0.1, 0.15) is 49.6 Å². The largest absolute Gasteiger partial charge is 0.482 e. The molecule has 0 amide bonds. The SMILES string of the molecule is Cc1cc(CCc2cc(-c3ccc(Cl)cc3)oc2C(F)(F)F)ccc1OCC(=O)O.Cc1cc(CCc2sc(-c3ccc(C(F)(F)F)cc3)cc2C)ccc1OCC(=O)O. The molecule has 0 saturated carbocycles. The monoisotopic (exact) mass is 872 g/mol. The van der Waals surface area contributed by atoms with Gasteiger partial charge in [0.15, 0.2) is 13.2 Å². The number of halogens is 7. The average molecular weight is 873 g/mol. The minimum Gasteiger partial charge on any atom is -0.482 e. The van der Waals surface area contributed by atoms with Crippen molar-refractivity contribution in [1.29, 1.82) is 0 Å². The Balaban J connectivity index is 0.000000228. The van der Waals surface area contributed by atoms with Crippen molar-refractivity contribution in [2.75, 3.05) is 13.2 Å². The molecule has 316 valence electrons. The summed E-state index contributed by atoms with van der Waals surface area (Å²) in [5.41, 5.74) is 5.32. The highest BCUT2D eigenvalue weighted by Crippen LogP contribution is 2.39. The van der Waals surface area contributed by atoms with E-state index in [1.807, 2.05) is 32.0 Å². The van der Waals surface area contributed by atoms with Crippen LogP contribution in [0.2, 0.25) is 5.02 Å². The van der Waals surface area contributed by atoms with E-state index in [4.69, 9.17) is 35.7 Å². The van der Waals surface area contributed by atoms with E-state index >= 15 is 0 Å². The number of hydrogen-bond acceptors (Lipinski definition) is 6. The first kappa shape index (κ1) is 45.4. The lowest BCUT2D eigenvalue weighted by Gasteiger charge is -2.10. The molecule has 6 aromatic rings. The summed E-state index contributed by atoms with van der Waals surface area (Å²) in [5.74, 6) is -2.01. The van der Waals surface area contributed by atoms with Gasteiger partial charge in [0.2, 0.25) is 5.76 Å². The zero-order valence-corrected chi connectivity index (χ0v) is 34.0. The minimum absolute atomic E-state index is 0.0660. The number of rotatable bonds is 14. The van der Waals surface area contributed by atoms with Crippen molar-refractivity contribution < 1.29 is 60.0 Å². The van der Waals surface area contributed by atoms with Crippen LogP contribution in [0.4, 0.5) is 26.3 Å². The van der Waals surface area contributed by atoms with Gasteiger partial charge in [0.05, 0.1) is 5.56 Å². The highest BCUT2D eigenvalue weighted by Gasteiger charge is 2.38. The molecule has 2 N–H and O–H groups in total. The van der Waals surface area contributed by atoms with E-state index in [1.54, 1.807) is 66.8 Å². The van der Waals surface area contributed by atoms with Gasteiger partial charge >= 0.3 is 24.3 Å². The van der Waals surface area contributed by atoms with Crippen molar-refractivity contribution in [2.24, 2.45) is 0 Å². The van der Waals surface area contributed by atoms with Crippen LogP contribution in [0, 0.1) is 20.8 Å². The molecule has 2 aromatic heterocycles. The maximum Gasteiger partial charge on any atom is 0.449 e. The third kappa shape index (κ3) is 12.6. The third-order valence-corrected chi connectivity index (χ3v) is 10.8. The van der Waals surface area contributed by atoms with E-state index < -0.39 is 42.2 Å². The fraction of sp³-hybridized carbons (Fsp3) is 0.244. The van der Waals surface area contributed by atoms with Crippen molar-refractivity contribution in [3.05, 3.63) is 152 Å². The quantitative estimate of drug-likeness (QED) is 0.105. The zero-order chi connectivity index (χ0) is 43.8. The number of benzene rings is 4. The summed E-state index contributed by atoms with van der Waals surface area (Å²) in [7, 11) is 0. The number of hydrogen-bond donors (Lipinski definition) is 2. The standard InChI is InChI=1S/C23H21F3O3S.C22H18ClF3O4/c1-14-11-16(3-9-19(14)29-13-22(27)28)4-10-20-15(2)12-21(30-20)17-5-7-18(8-6-17)23(24,25)26;1-13-10-14(3-9-18(13)29-12-20(27)28)2-4-16-11-19(30-21(16)22(24,25)26)15-5-7-17(23)8-6-15/h3,5-9,11-12H,4,10,13H2,1-2H3,(H,27,28);3,5-11H,2,4,12H2,1H3,(H,27,28). The lowest BCUT2D eigenvalue weighted by molar-refractivity contribution is -0.153. The fourth-order valence-electron chi connectivity index (χ4n) is 6.22. The van der Waals surface area contributed by atoms with Crippen LogP contribution >= 0.6 is 22.9 Å². The molecular formula is C45H39ClF6O7S. The van der Waals surface area contributed by atoms with Gasteiger partial charge in [0.25, 0.3) is 0 Å². The van der Waals surface area contributed by atoms with Gasteiger partial charge in [-0.05, 0) is 140 Å². The molecule has 0 aliphatic rings. The third-order valence-electron chi connectivity index (χ3n) is 9.22. The van der Waals surface area contributed by atoms with E-state index in [0.29, 0.717) is 34.1 Å². The van der Waals surface area contributed by atoms with Crippen LogP contribution in [0.25, 0.3) is 21.8 Å². The Morgan fingerprint density at radius 1 is 0.633 bits per heavy atom. The van der Waals surface area contributed by atoms with Gasteiger partial charge in [-0.3, -0.25) is 0 Å². The van der Waals surface area contributed by atoms with Gasteiger partial charge in [-0.15, -0.1) is 11.3 Å². The van der Waals surface area contributed by atoms with Crippen molar-refractivity contribution in [1.82, 2.24) is 0 Å². The molecule has 0 aliphatic carbocycles. The Morgan fingerprint density at radius 3 is 1.63 bits per heavy atom. The minimum atomic E-state index is -4.61. The highest BCUT2D eigenvalue weighted by atomic mass is 35.5. The molecule has 2 heterocycles. The summed E-state index contributed by atoms with van der Waals surface area (Å²) in [6.45, 7) is 4.80. The maximum absolute atomic E-state index is 13.5. The number of carboxylic acid groups (broad SMARTS) is 2. The van der Waals surface area contributed by atoms with E-state index in [2.05, 4.69) is 0 Å². The Hall–Kier alpha value is -5.73. The Morgan fingerprint density at radius 2 is 1.15 bits per heavy atom. The highest BCUT2D eigenvalue weighted by molar-refractivity contribution is 7.15. The summed E-state index contributed by atoms with van der Waals surface area (Å²) >= 11 is 7.43. The van der Waals surface area contributed by atoms with Crippen molar-refractivity contribution >= 4 is 34.9 Å². The molecule has 0 unspecified atom stereocenters. The summed E-state index contributed by atoms with van der Waals surface area (Å²) < 4.78 is 94.2. The molecule has 4 aromatic carbocycles. The summed E-state index contributed by atoms with van der Waals surface area (Å²) in [6, 6.07) is 25.8. The molecule has 0 spiro atoms. The smallest absolute Gasteiger partial charge is 0.449 e. The molecule has 7 nitrogen and oxygen atoms in total. The second kappa shape index (κ2) is 19.6. The van der Waals surface area contributed by atoms with Gasteiger partial charge in [0.1, 0.15) is 17.3 Å². The normalized spacial score (nSPS) is 11.5. The summed E-state index contributed by atoms with van der Waals surface area (Å²) in [5, 5.41) is 17.9. The number of ether oxygens (including phenoxy) is 2. The van der Waals surface area contributed by atoms with Crippen LogP contribution in [-0.4, -0.2) is 35.4 Å². The van der Waals surface area contributed by atoms with Crippen molar-refractivity contribution in [3.63, 3.8) is 0 Å². The molecule has 0 saturated heterocycles. The summed E-state index contributed by atoms with van der Waals surface area (Å²) in [6.07, 6.45) is -6.85. The number of furan rings is 1. The second-order valence-electron chi connectivity index (χ2n) is 13.8. The number of aryl methyl sites for hydroxylation is 7. The molecule has 60 heavy (non-hydrogen) atoms. The number of carbonyl (C=O) groups is 2. The van der Waals surface area contributed by atoms with E-state index in [9.17, 15) is 35.9 Å². The molecule has 15 heteroatoms. The predicted octanol–water partition coefficient (Wildman–Crippen LogP) is 12.5. The average Bonchev–Trinajstić information content (AvgIpc) is 3.79. The second-order valence-corrected chi connectivity index (χ2v) is 15.4. The number of thiophene rings is 1. The Kier molecular flexibility index (Phi) is 14.8. The molecule has 0 atom stereocenters. The lowest BCUT2D eigenvalue weighted by atomic mass is 10.0. The first-order valence-electron chi connectivity index (χ1n) is 18.4. The van der Waals surface area contributed by atoms with Gasteiger partial charge < -0.3 is 24.1 Å². The molecule has 0 aliphatic heterocycles.